The average Bonchev–Trinajstić information content (AvgIpc) is 2.58. The minimum atomic E-state index is 0.561. The van der Waals surface area contributed by atoms with Crippen LogP contribution in [0.2, 0.25) is 0 Å². The molecule has 0 aliphatic rings. The summed E-state index contributed by atoms with van der Waals surface area (Å²) >= 11 is 0. The van der Waals surface area contributed by atoms with Gasteiger partial charge in [-0.1, -0.05) is 36.4 Å². The maximum atomic E-state index is 6.08. The lowest BCUT2D eigenvalue weighted by Crippen LogP contribution is -2.11. The van der Waals surface area contributed by atoms with E-state index in [1.54, 1.807) is 0 Å². The molecule has 0 bridgehead atoms. The molecule has 1 aromatic heterocycles. The van der Waals surface area contributed by atoms with Gasteiger partial charge in [0.25, 0.3) is 0 Å². The Labute approximate surface area is 136 Å². The molecule has 0 atom stereocenters. The highest BCUT2D eigenvalue weighted by molar-refractivity contribution is 5.97. The van der Waals surface area contributed by atoms with E-state index in [0.29, 0.717) is 11.6 Å². The zero-order valence-corrected chi connectivity index (χ0v) is 13.2. The van der Waals surface area contributed by atoms with Crippen molar-refractivity contribution >= 4 is 11.6 Å². The molecule has 3 rings (SSSR count). The number of para-hydroxylation sites is 1. The minimum Gasteiger partial charge on any atom is -0.436 e. The fourth-order valence-corrected chi connectivity index (χ4v) is 2.23. The molecule has 1 heterocycles. The quantitative estimate of drug-likeness (QED) is 0.511. The third-order valence-electron chi connectivity index (χ3n) is 3.39. The highest BCUT2D eigenvalue weighted by Crippen LogP contribution is 2.20. The lowest BCUT2D eigenvalue weighted by molar-refractivity contribution is 0.543. The molecule has 0 amide bonds. The van der Waals surface area contributed by atoms with Crippen LogP contribution in [0.1, 0.15) is 17.0 Å². The summed E-state index contributed by atoms with van der Waals surface area (Å²) in [5.41, 5.74) is 3.60. The number of nitrogens with zero attached hydrogens (tertiary/aromatic N) is 2. The first-order valence-corrected chi connectivity index (χ1v) is 7.53. The molecule has 0 saturated carbocycles. The van der Waals surface area contributed by atoms with Crippen LogP contribution in [0.5, 0.6) is 5.75 Å². The molecule has 0 N–H and O–H groups in total. The van der Waals surface area contributed by atoms with Gasteiger partial charge in [-0.05, 0) is 50.2 Å². The SMILES string of the molecule is Cc1ccc(OC(=Nc2ccccc2)c2ccccc2)c(C)n1. The summed E-state index contributed by atoms with van der Waals surface area (Å²) in [5, 5.41) is 0. The van der Waals surface area contributed by atoms with E-state index in [9.17, 15) is 0 Å². The van der Waals surface area contributed by atoms with Crippen molar-refractivity contribution < 1.29 is 4.74 Å². The van der Waals surface area contributed by atoms with Gasteiger partial charge in [0, 0.05) is 11.3 Å². The summed E-state index contributed by atoms with van der Waals surface area (Å²) in [6.45, 7) is 3.90. The summed E-state index contributed by atoms with van der Waals surface area (Å²) < 4.78 is 6.08. The minimum absolute atomic E-state index is 0.561. The lowest BCUT2D eigenvalue weighted by atomic mass is 10.2. The number of aryl methyl sites for hydroxylation is 2. The largest absolute Gasteiger partial charge is 0.436 e. The van der Waals surface area contributed by atoms with Crippen LogP contribution in [0.25, 0.3) is 0 Å². The molecule has 0 fully saturated rings. The van der Waals surface area contributed by atoms with Crippen molar-refractivity contribution in [1.29, 1.82) is 0 Å². The monoisotopic (exact) mass is 302 g/mol. The summed E-state index contributed by atoms with van der Waals surface area (Å²) in [4.78, 5) is 9.10. The van der Waals surface area contributed by atoms with Crippen molar-refractivity contribution in [3.63, 3.8) is 0 Å². The smallest absolute Gasteiger partial charge is 0.227 e. The van der Waals surface area contributed by atoms with Crippen molar-refractivity contribution in [3.05, 3.63) is 89.7 Å². The molecule has 0 spiro atoms. The van der Waals surface area contributed by atoms with E-state index in [0.717, 1.165) is 22.6 Å². The molecule has 0 saturated heterocycles. The van der Waals surface area contributed by atoms with E-state index in [1.807, 2.05) is 86.6 Å². The molecule has 0 aliphatic carbocycles. The van der Waals surface area contributed by atoms with Gasteiger partial charge in [0.2, 0.25) is 5.90 Å². The predicted octanol–water partition coefficient (Wildman–Crippen LogP) is 4.86. The maximum absolute atomic E-state index is 6.08. The van der Waals surface area contributed by atoms with Gasteiger partial charge in [0.05, 0.1) is 11.4 Å². The van der Waals surface area contributed by atoms with Gasteiger partial charge in [-0.25, -0.2) is 4.99 Å². The van der Waals surface area contributed by atoms with Gasteiger partial charge in [-0.2, -0.15) is 0 Å². The van der Waals surface area contributed by atoms with Crippen LogP contribution in [0.3, 0.4) is 0 Å². The Kier molecular flexibility index (Phi) is 4.48. The third-order valence-corrected chi connectivity index (χ3v) is 3.39. The third kappa shape index (κ3) is 3.83. The van der Waals surface area contributed by atoms with Crippen LogP contribution in [0.4, 0.5) is 5.69 Å². The Morgan fingerprint density at radius 2 is 1.48 bits per heavy atom. The fraction of sp³-hybridized carbons (Fsp3) is 0.100. The van der Waals surface area contributed by atoms with Gasteiger partial charge in [-0.15, -0.1) is 0 Å². The molecule has 3 heteroatoms. The summed E-state index contributed by atoms with van der Waals surface area (Å²) in [7, 11) is 0. The molecule has 0 unspecified atom stereocenters. The number of hydrogen-bond acceptors (Lipinski definition) is 3. The highest BCUT2D eigenvalue weighted by atomic mass is 16.5. The Balaban J connectivity index is 2.00. The van der Waals surface area contributed by atoms with Crippen molar-refractivity contribution in [2.75, 3.05) is 0 Å². The first kappa shape index (κ1) is 15.0. The van der Waals surface area contributed by atoms with Gasteiger partial charge in [0.15, 0.2) is 5.75 Å². The summed E-state index contributed by atoms with van der Waals surface area (Å²) in [6, 6.07) is 23.5. The molecular formula is C20H18N2O. The number of hydrogen-bond donors (Lipinski definition) is 0. The van der Waals surface area contributed by atoms with Crippen LogP contribution in [0.15, 0.2) is 77.8 Å². The van der Waals surface area contributed by atoms with Crippen LogP contribution >= 0.6 is 0 Å². The highest BCUT2D eigenvalue weighted by Gasteiger charge is 2.09. The van der Waals surface area contributed by atoms with E-state index < -0.39 is 0 Å². The molecule has 2 aromatic carbocycles. The van der Waals surface area contributed by atoms with E-state index in [4.69, 9.17) is 4.74 Å². The van der Waals surface area contributed by atoms with Gasteiger partial charge in [0.1, 0.15) is 0 Å². The second-order valence-corrected chi connectivity index (χ2v) is 5.26. The van der Waals surface area contributed by atoms with Crippen molar-refractivity contribution in [2.24, 2.45) is 4.99 Å². The van der Waals surface area contributed by atoms with Crippen molar-refractivity contribution in [2.45, 2.75) is 13.8 Å². The van der Waals surface area contributed by atoms with Crippen LogP contribution in [0, 0.1) is 13.8 Å². The molecular weight excluding hydrogens is 284 g/mol. The van der Waals surface area contributed by atoms with Crippen LogP contribution < -0.4 is 4.74 Å². The molecule has 0 radical (unpaired) electrons. The first-order chi connectivity index (χ1) is 11.2. The van der Waals surface area contributed by atoms with Crippen LogP contribution in [-0.4, -0.2) is 10.9 Å². The number of aromatic nitrogens is 1. The normalized spacial score (nSPS) is 11.3. The molecule has 114 valence electrons. The fourth-order valence-electron chi connectivity index (χ4n) is 2.23. The van der Waals surface area contributed by atoms with Crippen LogP contribution in [-0.2, 0) is 0 Å². The zero-order valence-electron chi connectivity index (χ0n) is 13.2. The average molecular weight is 302 g/mol. The van der Waals surface area contributed by atoms with Gasteiger partial charge in [-0.3, -0.25) is 4.98 Å². The summed E-state index contributed by atoms with van der Waals surface area (Å²) in [5.74, 6) is 1.28. The van der Waals surface area contributed by atoms with E-state index in [-0.39, 0.29) is 0 Å². The Bertz CT molecular complexity index is 812. The second kappa shape index (κ2) is 6.88. The first-order valence-electron chi connectivity index (χ1n) is 7.53. The molecule has 23 heavy (non-hydrogen) atoms. The second-order valence-electron chi connectivity index (χ2n) is 5.26. The lowest BCUT2D eigenvalue weighted by Gasteiger charge is -2.11. The molecule has 3 aromatic rings. The number of aliphatic imine (C=N–C) groups is 1. The van der Waals surface area contributed by atoms with Crippen molar-refractivity contribution in [3.8, 4) is 5.75 Å². The number of pyridine rings is 1. The number of ether oxygens (including phenoxy) is 1. The van der Waals surface area contributed by atoms with E-state index in [1.165, 1.54) is 0 Å². The summed E-state index contributed by atoms with van der Waals surface area (Å²) in [6.07, 6.45) is 0. The molecule has 3 nitrogen and oxygen atoms in total. The topological polar surface area (TPSA) is 34.5 Å². The van der Waals surface area contributed by atoms with E-state index >= 15 is 0 Å². The zero-order chi connectivity index (χ0) is 16.1. The Hall–Kier alpha value is -2.94. The van der Waals surface area contributed by atoms with Crippen molar-refractivity contribution in [1.82, 2.24) is 4.98 Å². The number of rotatable bonds is 3. The Morgan fingerprint density at radius 1 is 0.826 bits per heavy atom. The predicted molar refractivity (Wildman–Crippen MR) is 93.4 cm³/mol. The maximum Gasteiger partial charge on any atom is 0.227 e. The number of benzene rings is 2. The van der Waals surface area contributed by atoms with Gasteiger partial charge < -0.3 is 4.74 Å². The van der Waals surface area contributed by atoms with E-state index in [2.05, 4.69) is 9.98 Å². The standard InChI is InChI=1S/C20H18N2O/c1-15-13-14-19(16(2)21-15)23-20(17-9-5-3-6-10-17)22-18-11-7-4-8-12-18/h3-14H,1-2H3. The molecule has 0 aliphatic heterocycles. The van der Waals surface area contributed by atoms with Gasteiger partial charge >= 0.3 is 0 Å². The Morgan fingerprint density at radius 3 is 2.13 bits per heavy atom.